The van der Waals surface area contributed by atoms with Gasteiger partial charge in [0.1, 0.15) is 17.9 Å². The van der Waals surface area contributed by atoms with Gasteiger partial charge in [0.2, 0.25) is 5.91 Å². The zero-order valence-electron chi connectivity index (χ0n) is 16.4. The van der Waals surface area contributed by atoms with Crippen molar-refractivity contribution in [3.8, 4) is 6.07 Å². The van der Waals surface area contributed by atoms with Crippen molar-refractivity contribution in [1.29, 1.82) is 5.26 Å². The van der Waals surface area contributed by atoms with Gasteiger partial charge in [0, 0.05) is 5.69 Å². The van der Waals surface area contributed by atoms with Crippen molar-refractivity contribution >= 4 is 23.5 Å². The predicted octanol–water partition coefficient (Wildman–Crippen LogP) is 3.27. The highest BCUT2D eigenvalue weighted by molar-refractivity contribution is 6.10. The molecule has 0 bridgehead atoms. The van der Waals surface area contributed by atoms with E-state index >= 15 is 0 Å². The van der Waals surface area contributed by atoms with Crippen molar-refractivity contribution in [3.05, 3.63) is 65.5 Å². The first kappa shape index (κ1) is 21.0. The highest BCUT2D eigenvalue weighted by Gasteiger charge is 2.52. The Morgan fingerprint density at radius 2 is 1.83 bits per heavy atom. The third-order valence-corrected chi connectivity index (χ3v) is 5.02. The van der Waals surface area contributed by atoms with Gasteiger partial charge in [-0.1, -0.05) is 31.9 Å². The third-order valence-electron chi connectivity index (χ3n) is 5.02. The number of hydrogen-bond donors (Lipinski definition) is 2. The minimum atomic E-state index is -1.32. The Morgan fingerprint density at radius 1 is 1.17 bits per heavy atom. The van der Waals surface area contributed by atoms with E-state index in [0.29, 0.717) is 29.7 Å². The van der Waals surface area contributed by atoms with E-state index < -0.39 is 35.7 Å². The molecule has 154 valence electrons. The van der Waals surface area contributed by atoms with Crippen LogP contribution in [0.1, 0.15) is 37.3 Å². The maximum atomic E-state index is 13.4. The first-order valence-electron chi connectivity index (χ1n) is 9.60. The quantitative estimate of drug-likeness (QED) is 0.687. The molecule has 3 rings (SSSR count). The van der Waals surface area contributed by atoms with E-state index in [4.69, 9.17) is 5.26 Å². The maximum Gasteiger partial charge on any atom is 0.325 e. The molecular weight excluding hydrogens is 387 g/mol. The third kappa shape index (κ3) is 4.15. The fraction of sp³-hybridized carbons (Fsp3) is 0.273. The average Bonchev–Trinajstić information content (AvgIpc) is 2.98. The van der Waals surface area contributed by atoms with Gasteiger partial charge in [-0.15, -0.1) is 0 Å². The first-order valence-corrected chi connectivity index (χ1v) is 9.60. The number of carbonyl (C=O) groups excluding carboxylic acids is 3. The van der Waals surface area contributed by atoms with Crippen LogP contribution >= 0.6 is 0 Å². The summed E-state index contributed by atoms with van der Waals surface area (Å²) in [7, 11) is 0. The number of carbonyl (C=O) groups is 3. The molecule has 0 radical (unpaired) electrons. The Balaban J connectivity index is 1.79. The Bertz CT molecular complexity index is 999. The lowest BCUT2D eigenvalue weighted by atomic mass is 9.85. The molecule has 7 nitrogen and oxygen atoms in total. The molecular formula is C22H21FN4O3. The van der Waals surface area contributed by atoms with Crippen LogP contribution in [0, 0.1) is 17.1 Å². The van der Waals surface area contributed by atoms with Crippen LogP contribution in [0.4, 0.5) is 14.9 Å². The topological polar surface area (TPSA) is 102 Å². The van der Waals surface area contributed by atoms with Crippen LogP contribution in [-0.2, 0) is 15.1 Å². The number of hydrogen-bond acceptors (Lipinski definition) is 4. The molecule has 4 amide bonds. The van der Waals surface area contributed by atoms with Gasteiger partial charge in [-0.3, -0.25) is 14.5 Å². The standard InChI is InChI=1S/C22H21FN4O3/c1-2-3-12-22(16-6-8-17(23)9-7-16)20(29)27(21(30)26-22)14-19(28)25-18-10-4-15(13-24)5-11-18/h4-11H,2-3,12,14H2,1H3,(H,25,28)(H,26,30)/t22-/m0/s1. The van der Waals surface area contributed by atoms with E-state index in [9.17, 15) is 18.8 Å². The summed E-state index contributed by atoms with van der Waals surface area (Å²) in [6.07, 6.45) is 1.80. The molecule has 1 heterocycles. The highest BCUT2D eigenvalue weighted by Crippen LogP contribution is 2.34. The Kier molecular flexibility index (Phi) is 6.11. The second-order valence-electron chi connectivity index (χ2n) is 7.07. The summed E-state index contributed by atoms with van der Waals surface area (Å²) >= 11 is 0. The van der Waals surface area contributed by atoms with E-state index in [1.807, 2.05) is 13.0 Å². The van der Waals surface area contributed by atoms with Gasteiger partial charge >= 0.3 is 6.03 Å². The second-order valence-corrected chi connectivity index (χ2v) is 7.07. The van der Waals surface area contributed by atoms with E-state index in [0.717, 1.165) is 11.3 Å². The fourth-order valence-corrected chi connectivity index (χ4v) is 3.43. The summed E-state index contributed by atoms with van der Waals surface area (Å²) < 4.78 is 13.4. The van der Waals surface area contributed by atoms with Crippen molar-refractivity contribution in [2.24, 2.45) is 0 Å². The van der Waals surface area contributed by atoms with Crippen LogP contribution in [0.25, 0.3) is 0 Å². The number of nitrogens with zero attached hydrogens (tertiary/aromatic N) is 2. The molecule has 0 saturated carbocycles. The largest absolute Gasteiger partial charge is 0.325 e. The molecule has 2 aromatic carbocycles. The molecule has 30 heavy (non-hydrogen) atoms. The molecule has 1 atom stereocenters. The summed E-state index contributed by atoms with van der Waals surface area (Å²) in [5.74, 6) is -1.53. The molecule has 8 heteroatoms. The van der Waals surface area contributed by atoms with Crippen molar-refractivity contribution in [2.45, 2.75) is 31.7 Å². The molecule has 2 aromatic rings. The molecule has 0 spiro atoms. The molecule has 1 saturated heterocycles. The number of unbranched alkanes of at least 4 members (excludes halogenated alkanes) is 1. The number of rotatable bonds is 7. The summed E-state index contributed by atoms with van der Waals surface area (Å²) in [6, 6.07) is 13.0. The van der Waals surface area contributed by atoms with Crippen LogP contribution < -0.4 is 10.6 Å². The molecule has 1 aliphatic rings. The molecule has 0 aromatic heterocycles. The van der Waals surface area contributed by atoms with Crippen LogP contribution in [-0.4, -0.2) is 29.3 Å². The van der Waals surface area contributed by atoms with Gasteiger partial charge in [-0.05, 0) is 48.4 Å². The summed E-state index contributed by atoms with van der Waals surface area (Å²) in [5, 5.41) is 14.2. The van der Waals surface area contributed by atoms with Gasteiger partial charge in [0.05, 0.1) is 11.6 Å². The number of nitriles is 1. The lowest BCUT2D eigenvalue weighted by Crippen LogP contribution is -2.44. The molecule has 1 fully saturated rings. The number of imide groups is 1. The summed E-state index contributed by atoms with van der Waals surface area (Å²) in [4.78, 5) is 39.1. The molecule has 2 N–H and O–H groups in total. The van der Waals surface area contributed by atoms with Gasteiger partial charge in [-0.25, -0.2) is 9.18 Å². The van der Waals surface area contributed by atoms with Gasteiger partial charge < -0.3 is 10.6 Å². The summed E-state index contributed by atoms with van der Waals surface area (Å²) in [6.45, 7) is 1.50. The number of halogens is 1. The van der Waals surface area contributed by atoms with E-state index in [1.165, 1.54) is 24.3 Å². The minimum absolute atomic E-state index is 0.341. The van der Waals surface area contributed by atoms with E-state index in [1.54, 1.807) is 24.3 Å². The number of nitrogens with one attached hydrogen (secondary N) is 2. The maximum absolute atomic E-state index is 13.4. The number of amides is 4. The lowest BCUT2D eigenvalue weighted by Gasteiger charge is -2.27. The van der Waals surface area contributed by atoms with Gasteiger partial charge in [-0.2, -0.15) is 5.26 Å². The van der Waals surface area contributed by atoms with E-state index in [2.05, 4.69) is 10.6 Å². The predicted molar refractivity (Wildman–Crippen MR) is 108 cm³/mol. The van der Waals surface area contributed by atoms with Gasteiger partial charge in [0.15, 0.2) is 0 Å². The number of anilines is 1. The highest BCUT2D eigenvalue weighted by atomic mass is 19.1. The normalized spacial score (nSPS) is 18.1. The molecule has 1 aliphatic heterocycles. The number of benzene rings is 2. The van der Waals surface area contributed by atoms with Crippen LogP contribution in [0.2, 0.25) is 0 Å². The minimum Gasteiger partial charge on any atom is -0.325 e. The van der Waals surface area contributed by atoms with Gasteiger partial charge in [0.25, 0.3) is 5.91 Å². The Morgan fingerprint density at radius 3 is 2.43 bits per heavy atom. The Hall–Kier alpha value is -3.73. The van der Waals surface area contributed by atoms with Crippen LogP contribution in [0.3, 0.4) is 0 Å². The van der Waals surface area contributed by atoms with Crippen molar-refractivity contribution in [1.82, 2.24) is 10.2 Å². The average molecular weight is 408 g/mol. The van der Waals surface area contributed by atoms with Crippen molar-refractivity contribution in [2.75, 3.05) is 11.9 Å². The first-order chi connectivity index (χ1) is 14.4. The number of urea groups is 1. The van der Waals surface area contributed by atoms with Crippen LogP contribution in [0.5, 0.6) is 0 Å². The Labute approximate surface area is 173 Å². The fourth-order valence-electron chi connectivity index (χ4n) is 3.43. The summed E-state index contributed by atoms with van der Waals surface area (Å²) in [5.41, 5.74) is 0.0461. The van der Waals surface area contributed by atoms with Crippen LogP contribution in [0.15, 0.2) is 48.5 Å². The molecule has 0 unspecified atom stereocenters. The monoisotopic (exact) mass is 408 g/mol. The molecule has 0 aliphatic carbocycles. The van der Waals surface area contributed by atoms with Crippen molar-refractivity contribution < 1.29 is 18.8 Å². The smallest absolute Gasteiger partial charge is 0.325 e. The lowest BCUT2D eigenvalue weighted by molar-refractivity contribution is -0.134. The van der Waals surface area contributed by atoms with Crippen molar-refractivity contribution in [3.63, 3.8) is 0 Å². The second kappa shape index (κ2) is 8.74. The SMILES string of the molecule is CCCC[C@@]1(c2ccc(F)cc2)NC(=O)N(CC(=O)Nc2ccc(C#N)cc2)C1=O. The van der Waals surface area contributed by atoms with E-state index in [-0.39, 0.29) is 0 Å². The zero-order valence-corrected chi connectivity index (χ0v) is 16.4. The zero-order chi connectivity index (χ0) is 21.7.